The maximum atomic E-state index is 4.50. The molecule has 1 aromatic carbocycles. The first-order valence-electron chi connectivity index (χ1n) is 6.82. The molecular formula is C15H23N3. The summed E-state index contributed by atoms with van der Waals surface area (Å²) in [6, 6.07) is 7.14. The first-order chi connectivity index (χ1) is 8.72. The molecule has 0 fully saturated rings. The van der Waals surface area contributed by atoms with Crippen molar-refractivity contribution in [3.8, 4) is 0 Å². The Labute approximate surface area is 109 Å². The molecule has 0 saturated heterocycles. The minimum absolute atomic E-state index is 0.469. The molecule has 1 heterocycles. The van der Waals surface area contributed by atoms with Crippen molar-refractivity contribution >= 4 is 11.0 Å². The predicted molar refractivity (Wildman–Crippen MR) is 77.0 cm³/mol. The van der Waals surface area contributed by atoms with Gasteiger partial charge in [0, 0.05) is 6.04 Å². The van der Waals surface area contributed by atoms with Gasteiger partial charge in [0.25, 0.3) is 0 Å². The largest absolute Gasteiger partial charge is 0.328 e. The van der Waals surface area contributed by atoms with Gasteiger partial charge in [-0.15, -0.1) is 0 Å². The smallest absolute Gasteiger partial charge is 0.0960 e. The highest BCUT2D eigenvalue weighted by molar-refractivity contribution is 5.76. The van der Waals surface area contributed by atoms with Crippen LogP contribution >= 0.6 is 0 Å². The second-order valence-electron chi connectivity index (χ2n) is 5.13. The van der Waals surface area contributed by atoms with Crippen LogP contribution in [0, 0.1) is 0 Å². The summed E-state index contributed by atoms with van der Waals surface area (Å²) in [4.78, 5) is 4.50. The number of unbranched alkanes of at least 4 members (excludes halogenated alkanes) is 1. The van der Waals surface area contributed by atoms with Gasteiger partial charge < -0.3 is 9.88 Å². The van der Waals surface area contributed by atoms with Gasteiger partial charge in [-0.25, -0.2) is 4.98 Å². The van der Waals surface area contributed by atoms with E-state index in [1.807, 2.05) is 13.4 Å². The lowest BCUT2D eigenvalue weighted by Crippen LogP contribution is -2.07. The van der Waals surface area contributed by atoms with Crippen LogP contribution in [-0.4, -0.2) is 23.1 Å². The van der Waals surface area contributed by atoms with Crippen molar-refractivity contribution in [2.45, 2.75) is 39.2 Å². The van der Waals surface area contributed by atoms with Gasteiger partial charge in [-0.1, -0.05) is 6.07 Å². The van der Waals surface area contributed by atoms with Crippen LogP contribution in [0.2, 0.25) is 0 Å². The number of aromatic nitrogens is 2. The number of hydrogen-bond donors (Lipinski definition) is 1. The number of nitrogens with one attached hydrogen (secondary N) is 1. The van der Waals surface area contributed by atoms with E-state index in [0.717, 1.165) is 18.5 Å². The Morgan fingerprint density at radius 3 is 2.83 bits per heavy atom. The van der Waals surface area contributed by atoms with Gasteiger partial charge in [-0.3, -0.25) is 0 Å². The number of imidazole rings is 1. The first kappa shape index (κ1) is 13.1. The Morgan fingerprint density at radius 1 is 1.28 bits per heavy atom. The topological polar surface area (TPSA) is 29.9 Å². The molecule has 2 rings (SSSR count). The highest BCUT2D eigenvalue weighted by Gasteiger charge is 2.05. The lowest BCUT2D eigenvalue weighted by Gasteiger charge is -2.08. The monoisotopic (exact) mass is 245 g/mol. The second kappa shape index (κ2) is 6.01. The fraction of sp³-hybridized carbons (Fsp3) is 0.533. The van der Waals surface area contributed by atoms with Crippen LogP contribution in [0.25, 0.3) is 11.0 Å². The van der Waals surface area contributed by atoms with Crippen LogP contribution < -0.4 is 5.32 Å². The number of hydrogen-bond acceptors (Lipinski definition) is 2. The fourth-order valence-electron chi connectivity index (χ4n) is 2.28. The molecule has 18 heavy (non-hydrogen) atoms. The number of fused-ring (bicyclic) bond motifs is 1. The molecule has 0 aliphatic heterocycles. The van der Waals surface area contributed by atoms with Crippen LogP contribution in [0.15, 0.2) is 24.5 Å². The zero-order chi connectivity index (χ0) is 13.0. The number of nitrogens with zero attached hydrogens (tertiary/aromatic N) is 2. The maximum Gasteiger partial charge on any atom is 0.0960 e. The molecule has 0 unspecified atom stereocenters. The van der Waals surface area contributed by atoms with Gasteiger partial charge in [0.15, 0.2) is 0 Å². The summed E-state index contributed by atoms with van der Waals surface area (Å²) >= 11 is 0. The minimum Gasteiger partial charge on any atom is -0.328 e. The molecule has 1 N–H and O–H groups in total. The minimum atomic E-state index is 0.469. The van der Waals surface area contributed by atoms with E-state index >= 15 is 0 Å². The lowest BCUT2D eigenvalue weighted by molar-refractivity contribution is 0.617. The highest BCUT2D eigenvalue weighted by Crippen LogP contribution is 2.19. The van der Waals surface area contributed by atoms with Gasteiger partial charge in [-0.2, -0.15) is 0 Å². The molecule has 0 atom stereocenters. The van der Waals surface area contributed by atoms with E-state index in [1.54, 1.807) is 0 Å². The van der Waals surface area contributed by atoms with E-state index in [2.05, 4.69) is 46.9 Å². The molecule has 1 aromatic heterocycles. The SMILES string of the molecule is CNCCCCc1ccc2c(c1)ncn2C(C)C. The summed E-state index contributed by atoms with van der Waals surface area (Å²) < 4.78 is 2.22. The molecule has 2 aromatic rings. The average Bonchev–Trinajstić information content (AvgIpc) is 2.77. The third-order valence-electron chi connectivity index (χ3n) is 3.34. The van der Waals surface area contributed by atoms with E-state index < -0.39 is 0 Å². The van der Waals surface area contributed by atoms with Crippen LogP contribution in [0.3, 0.4) is 0 Å². The van der Waals surface area contributed by atoms with Crippen LogP contribution in [0.5, 0.6) is 0 Å². The second-order valence-corrected chi connectivity index (χ2v) is 5.13. The number of benzene rings is 1. The summed E-state index contributed by atoms with van der Waals surface area (Å²) in [5.74, 6) is 0. The van der Waals surface area contributed by atoms with Crippen LogP contribution in [0.4, 0.5) is 0 Å². The predicted octanol–water partition coefficient (Wildman–Crippen LogP) is 3.16. The van der Waals surface area contributed by atoms with Crippen LogP contribution in [0.1, 0.15) is 38.3 Å². The van der Waals surface area contributed by atoms with E-state index in [9.17, 15) is 0 Å². The van der Waals surface area contributed by atoms with Crippen molar-refractivity contribution in [1.29, 1.82) is 0 Å². The molecule has 0 radical (unpaired) electrons. The molecule has 0 aliphatic carbocycles. The molecule has 3 heteroatoms. The van der Waals surface area contributed by atoms with Crippen molar-refractivity contribution < 1.29 is 0 Å². The summed E-state index contributed by atoms with van der Waals surface area (Å²) in [7, 11) is 2.00. The van der Waals surface area contributed by atoms with Crippen molar-refractivity contribution in [2.75, 3.05) is 13.6 Å². The van der Waals surface area contributed by atoms with Gasteiger partial charge in [-0.05, 0) is 64.4 Å². The third-order valence-corrected chi connectivity index (χ3v) is 3.34. The molecule has 0 amide bonds. The van der Waals surface area contributed by atoms with E-state index in [-0.39, 0.29) is 0 Å². The van der Waals surface area contributed by atoms with E-state index in [1.165, 1.54) is 23.9 Å². The average molecular weight is 245 g/mol. The summed E-state index contributed by atoms with van der Waals surface area (Å²) in [5.41, 5.74) is 3.76. The maximum absolute atomic E-state index is 4.50. The fourth-order valence-corrected chi connectivity index (χ4v) is 2.28. The Morgan fingerprint density at radius 2 is 2.11 bits per heavy atom. The summed E-state index contributed by atoms with van der Waals surface area (Å²) in [5, 5.41) is 3.18. The molecular weight excluding hydrogens is 222 g/mol. The van der Waals surface area contributed by atoms with Crippen molar-refractivity contribution in [2.24, 2.45) is 0 Å². The normalized spacial score (nSPS) is 11.6. The molecule has 0 bridgehead atoms. The van der Waals surface area contributed by atoms with Crippen LogP contribution in [-0.2, 0) is 6.42 Å². The van der Waals surface area contributed by atoms with Crippen molar-refractivity contribution in [3.63, 3.8) is 0 Å². The molecule has 98 valence electrons. The lowest BCUT2D eigenvalue weighted by atomic mass is 10.1. The van der Waals surface area contributed by atoms with Gasteiger partial charge in [0.2, 0.25) is 0 Å². The van der Waals surface area contributed by atoms with Gasteiger partial charge in [0.05, 0.1) is 17.4 Å². The third kappa shape index (κ3) is 2.91. The molecule has 0 saturated carbocycles. The Kier molecular flexibility index (Phi) is 4.37. The van der Waals surface area contributed by atoms with Gasteiger partial charge >= 0.3 is 0 Å². The number of aryl methyl sites for hydroxylation is 1. The quantitative estimate of drug-likeness (QED) is 0.792. The van der Waals surface area contributed by atoms with Gasteiger partial charge in [0.1, 0.15) is 0 Å². The standard InChI is InChI=1S/C15H23N3/c1-12(2)18-11-17-14-10-13(7-8-15(14)18)6-4-5-9-16-3/h7-8,10-12,16H,4-6,9H2,1-3H3. The first-order valence-corrected chi connectivity index (χ1v) is 6.82. The number of rotatable bonds is 6. The van der Waals surface area contributed by atoms with E-state index in [0.29, 0.717) is 6.04 Å². The zero-order valence-electron chi connectivity index (χ0n) is 11.6. The Bertz CT molecular complexity index is 499. The highest BCUT2D eigenvalue weighted by atomic mass is 15.1. The van der Waals surface area contributed by atoms with E-state index in [4.69, 9.17) is 0 Å². The zero-order valence-corrected chi connectivity index (χ0v) is 11.6. The Balaban J connectivity index is 2.09. The summed E-state index contributed by atoms with van der Waals surface area (Å²) in [6.45, 7) is 5.48. The Hall–Kier alpha value is -1.35. The van der Waals surface area contributed by atoms with Crippen molar-refractivity contribution in [1.82, 2.24) is 14.9 Å². The summed E-state index contributed by atoms with van der Waals surface area (Å²) in [6.07, 6.45) is 5.55. The molecule has 0 aliphatic rings. The van der Waals surface area contributed by atoms with Crippen molar-refractivity contribution in [3.05, 3.63) is 30.1 Å². The molecule has 0 spiro atoms. The molecule has 3 nitrogen and oxygen atoms in total.